The van der Waals surface area contributed by atoms with Crippen LogP contribution in [0.5, 0.6) is 0 Å². The van der Waals surface area contributed by atoms with Gasteiger partial charge in [-0.2, -0.15) is 0 Å². The average molecular weight is 418 g/mol. The molecule has 0 aromatic heterocycles. The first-order valence-corrected chi connectivity index (χ1v) is 12.4. The molecular weight excluding hydrogens is 387 g/mol. The van der Waals surface area contributed by atoms with E-state index in [0.29, 0.717) is 0 Å². The third kappa shape index (κ3) is 4.71. The Morgan fingerprint density at radius 1 is 0.767 bits per heavy atom. The van der Waals surface area contributed by atoms with E-state index >= 15 is 0 Å². The molecule has 0 amide bonds. The summed E-state index contributed by atoms with van der Waals surface area (Å²) in [5.74, 6) is -0.284. The predicted octanol–water partition coefficient (Wildman–Crippen LogP) is 5.62. The van der Waals surface area contributed by atoms with Gasteiger partial charge in [0.15, 0.2) is 0 Å². The smallest absolute Gasteiger partial charge is 0.334 e. The van der Waals surface area contributed by atoms with Crippen LogP contribution >= 0.6 is 7.26 Å². The third-order valence-electron chi connectivity index (χ3n) is 5.38. The van der Waals surface area contributed by atoms with E-state index < -0.39 is 7.26 Å². The molecule has 0 radical (unpaired) electrons. The van der Waals surface area contributed by atoms with Crippen molar-refractivity contribution in [2.75, 3.05) is 7.11 Å². The Labute approximate surface area is 181 Å². The van der Waals surface area contributed by atoms with E-state index in [2.05, 4.69) is 97.9 Å². The second kappa shape index (κ2) is 10.9. The van der Waals surface area contributed by atoms with E-state index in [4.69, 9.17) is 4.74 Å². The second-order valence-electron chi connectivity index (χ2n) is 7.29. The Morgan fingerprint density at radius 3 is 1.57 bits per heavy atom. The number of hydrogen-bond donors (Lipinski definition) is 0. The van der Waals surface area contributed by atoms with Crippen molar-refractivity contribution in [2.45, 2.75) is 32.6 Å². The van der Waals surface area contributed by atoms with Crippen molar-refractivity contribution in [2.24, 2.45) is 0 Å². The monoisotopic (exact) mass is 417 g/mol. The number of carbonyl (C=O) groups excluding carboxylic acids is 1. The molecule has 0 spiro atoms. The molecule has 0 heterocycles. The molecule has 3 aromatic rings. The van der Waals surface area contributed by atoms with E-state index in [1.54, 1.807) is 6.08 Å². The summed E-state index contributed by atoms with van der Waals surface area (Å²) in [5, 5.41) is 4.95. The van der Waals surface area contributed by atoms with Gasteiger partial charge in [0.25, 0.3) is 0 Å². The van der Waals surface area contributed by atoms with Crippen molar-refractivity contribution in [3.05, 3.63) is 102 Å². The summed E-state index contributed by atoms with van der Waals surface area (Å²) in [4.78, 5) is 12.5. The lowest BCUT2D eigenvalue weighted by Crippen LogP contribution is -2.32. The molecule has 0 aliphatic rings. The maximum atomic E-state index is 12.5. The summed E-state index contributed by atoms with van der Waals surface area (Å²) in [6.07, 6.45) is 5.95. The van der Waals surface area contributed by atoms with Crippen LogP contribution in [0.3, 0.4) is 0 Å². The molecule has 154 valence electrons. The maximum Gasteiger partial charge on any atom is 0.334 e. The van der Waals surface area contributed by atoms with Crippen molar-refractivity contribution >= 4 is 29.1 Å². The lowest BCUT2D eigenvalue weighted by Gasteiger charge is -2.29. The van der Waals surface area contributed by atoms with Crippen molar-refractivity contribution in [1.29, 1.82) is 0 Å². The summed E-state index contributed by atoms with van der Waals surface area (Å²) < 4.78 is 5.09. The summed E-state index contributed by atoms with van der Waals surface area (Å²) >= 11 is 0. The zero-order chi connectivity index (χ0) is 21.2. The van der Waals surface area contributed by atoms with Crippen LogP contribution in [0.15, 0.2) is 102 Å². The zero-order valence-corrected chi connectivity index (χ0v) is 18.7. The number of benzene rings is 3. The van der Waals surface area contributed by atoms with Gasteiger partial charge in [-0.25, -0.2) is 4.79 Å². The van der Waals surface area contributed by atoms with Crippen LogP contribution in [-0.4, -0.2) is 13.1 Å². The first-order valence-electron chi connectivity index (χ1n) is 10.6. The Morgan fingerprint density at radius 2 is 1.20 bits per heavy atom. The molecule has 30 heavy (non-hydrogen) atoms. The SMILES string of the molecule is CCCCC/C(=C/C(=O)OC)[P+](c1ccccc1)(c1ccccc1)c1ccccc1. The lowest BCUT2D eigenvalue weighted by atomic mass is 10.2. The van der Waals surface area contributed by atoms with Gasteiger partial charge in [0.2, 0.25) is 0 Å². The van der Waals surface area contributed by atoms with Crippen molar-refractivity contribution in [3.8, 4) is 0 Å². The highest BCUT2D eigenvalue weighted by molar-refractivity contribution is 7.99. The summed E-state index contributed by atoms with van der Waals surface area (Å²) in [7, 11) is -0.756. The Bertz CT molecular complexity index is 853. The minimum atomic E-state index is -2.21. The average Bonchev–Trinajstić information content (AvgIpc) is 2.81. The molecule has 0 N–H and O–H groups in total. The highest BCUT2D eigenvalue weighted by atomic mass is 31.2. The van der Waals surface area contributed by atoms with Crippen LogP contribution in [0.2, 0.25) is 0 Å². The number of allylic oxidation sites excluding steroid dienone is 1. The number of rotatable bonds is 9. The van der Waals surface area contributed by atoms with Gasteiger partial charge in [-0.05, 0) is 42.8 Å². The Kier molecular flexibility index (Phi) is 7.99. The summed E-state index contributed by atoms with van der Waals surface area (Å²) in [6, 6.07) is 32.0. The summed E-state index contributed by atoms with van der Waals surface area (Å²) in [5.41, 5.74) is 0. The topological polar surface area (TPSA) is 26.3 Å². The molecule has 2 nitrogen and oxygen atoms in total. The second-order valence-corrected chi connectivity index (χ2v) is 10.8. The molecule has 0 saturated heterocycles. The predicted molar refractivity (Wildman–Crippen MR) is 129 cm³/mol. The Hall–Kier alpha value is -2.70. The van der Waals surface area contributed by atoms with E-state index in [9.17, 15) is 4.79 Å². The highest BCUT2D eigenvalue weighted by Gasteiger charge is 2.49. The summed E-state index contributed by atoms with van der Waals surface area (Å²) in [6.45, 7) is 2.21. The quantitative estimate of drug-likeness (QED) is 0.196. The molecule has 0 aliphatic carbocycles. The number of ether oxygens (including phenoxy) is 1. The molecule has 0 aliphatic heterocycles. The molecule has 0 atom stereocenters. The van der Waals surface area contributed by atoms with Gasteiger partial charge < -0.3 is 4.74 Å². The molecular formula is C27H30O2P+. The number of esters is 1. The van der Waals surface area contributed by atoms with E-state index in [1.165, 1.54) is 28.3 Å². The fourth-order valence-electron chi connectivity index (χ4n) is 3.99. The lowest BCUT2D eigenvalue weighted by molar-refractivity contribution is -0.134. The molecule has 3 rings (SSSR count). The van der Waals surface area contributed by atoms with E-state index in [0.717, 1.165) is 25.7 Å². The van der Waals surface area contributed by atoms with Crippen LogP contribution in [-0.2, 0) is 9.53 Å². The number of unbranched alkanes of at least 4 members (excludes halogenated alkanes) is 2. The molecule has 3 aromatic carbocycles. The van der Waals surface area contributed by atoms with Crippen LogP contribution in [0, 0.1) is 0 Å². The van der Waals surface area contributed by atoms with Gasteiger partial charge >= 0.3 is 5.97 Å². The fourth-order valence-corrected chi connectivity index (χ4v) is 8.53. The van der Waals surface area contributed by atoms with Crippen LogP contribution in [0.25, 0.3) is 0 Å². The largest absolute Gasteiger partial charge is 0.466 e. The molecule has 0 saturated carbocycles. The standard InChI is InChI=1S/C27H30O2P/c1-3-4-8-21-26(22-27(28)29-2)30(23-15-9-5-10-16-23,24-17-11-6-12-18-24)25-19-13-7-14-20-25/h5-7,9-20,22H,3-4,8,21H2,1-2H3/q+1/b26-22-. The molecule has 0 unspecified atom stereocenters. The van der Waals surface area contributed by atoms with Gasteiger partial charge in [0.05, 0.1) is 18.5 Å². The van der Waals surface area contributed by atoms with Gasteiger partial charge in [-0.3, -0.25) is 0 Å². The fraction of sp³-hybridized carbons (Fsp3) is 0.222. The number of hydrogen-bond acceptors (Lipinski definition) is 2. The van der Waals surface area contributed by atoms with Crippen molar-refractivity contribution < 1.29 is 9.53 Å². The first-order chi connectivity index (χ1) is 14.7. The van der Waals surface area contributed by atoms with Crippen LogP contribution < -0.4 is 15.9 Å². The molecule has 0 bridgehead atoms. The van der Waals surface area contributed by atoms with Gasteiger partial charge in [-0.15, -0.1) is 0 Å². The van der Waals surface area contributed by atoms with Crippen LogP contribution in [0.4, 0.5) is 0 Å². The van der Waals surface area contributed by atoms with Gasteiger partial charge in [0.1, 0.15) is 23.2 Å². The minimum Gasteiger partial charge on any atom is -0.466 e. The van der Waals surface area contributed by atoms with E-state index in [-0.39, 0.29) is 5.97 Å². The van der Waals surface area contributed by atoms with E-state index in [1.807, 2.05) is 0 Å². The normalized spacial score (nSPS) is 11.9. The van der Waals surface area contributed by atoms with Crippen molar-refractivity contribution in [1.82, 2.24) is 0 Å². The first kappa shape index (κ1) is 22.0. The maximum absolute atomic E-state index is 12.5. The Balaban J connectivity index is 2.36. The molecule has 0 fully saturated rings. The minimum absolute atomic E-state index is 0.284. The highest BCUT2D eigenvalue weighted by Crippen LogP contribution is 2.63. The number of carbonyl (C=O) groups is 1. The van der Waals surface area contributed by atoms with Gasteiger partial charge in [-0.1, -0.05) is 74.4 Å². The molecule has 3 heteroatoms. The number of methoxy groups -OCH3 is 1. The zero-order valence-electron chi connectivity index (χ0n) is 17.8. The van der Waals surface area contributed by atoms with Crippen molar-refractivity contribution in [3.63, 3.8) is 0 Å². The third-order valence-corrected chi connectivity index (χ3v) is 9.82. The van der Waals surface area contributed by atoms with Crippen LogP contribution in [0.1, 0.15) is 32.6 Å². The van der Waals surface area contributed by atoms with Gasteiger partial charge in [0, 0.05) is 6.42 Å².